The maximum atomic E-state index is 12.8. The lowest BCUT2D eigenvalue weighted by molar-refractivity contribution is 0.0494. The number of rotatable bonds is 6. The number of carbonyl (C=O) groups is 2. The second-order valence-corrected chi connectivity index (χ2v) is 5.55. The maximum Gasteiger partial charge on any atom is 0.376 e. The standard InChI is InChI=1S/C20H19NO6/c1-4-26-20(23)18-17(13-7-5-6-8-14(13)27-18)21-19(22)12-9-10-15(24-2)16(11-12)25-3/h5-11H,4H2,1-3H3,(H,21,22). The van der Waals surface area contributed by atoms with E-state index in [4.69, 9.17) is 18.6 Å². The Labute approximate surface area is 155 Å². The van der Waals surface area contributed by atoms with Crippen LogP contribution in [-0.4, -0.2) is 32.7 Å². The van der Waals surface area contributed by atoms with Crippen LogP contribution in [0, 0.1) is 0 Å². The molecule has 0 spiro atoms. The van der Waals surface area contributed by atoms with Crippen molar-refractivity contribution in [3.63, 3.8) is 0 Å². The number of ether oxygens (including phenoxy) is 3. The summed E-state index contributed by atoms with van der Waals surface area (Å²) < 4.78 is 21.0. The highest BCUT2D eigenvalue weighted by Gasteiger charge is 2.24. The van der Waals surface area contributed by atoms with Crippen molar-refractivity contribution in [2.75, 3.05) is 26.1 Å². The van der Waals surface area contributed by atoms with Crippen LogP contribution in [-0.2, 0) is 4.74 Å². The smallest absolute Gasteiger partial charge is 0.376 e. The van der Waals surface area contributed by atoms with Crippen LogP contribution in [0.15, 0.2) is 46.9 Å². The Morgan fingerprint density at radius 2 is 1.78 bits per heavy atom. The van der Waals surface area contributed by atoms with Crippen molar-refractivity contribution < 1.29 is 28.2 Å². The van der Waals surface area contributed by atoms with E-state index >= 15 is 0 Å². The van der Waals surface area contributed by atoms with Gasteiger partial charge in [0.15, 0.2) is 11.5 Å². The Bertz CT molecular complexity index is 991. The van der Waals surface area contributed by atoms with Gasteiger partial charge in [-0.2, -0.15) is 0 Å². The van der Waals surface area contributed by atoms with Crippen molar-refractivity contribution in [3.05, 3.63) is 53.8 Å². The molecule has 0 fully saturated rings. The number of esters is 1. The van der Waals surface area contributed by atoms with Gasteiger partial charge in [-0.1, -0.05) is 12.1 Å². The number of furan rings is 1. The number of anilines is 1. The summed E-state index contributed by atoms with van der Waals surface area (Å²) in [5.41, 5.74) is 1.08. The molecule has 0 atom stereocenters. The van der Waals surface area contributed by atoms with E-state index in [1.807, 2.05) is 0 Å². The van der Waals surface area contributed by atoms with E-state index in [1.165, 1.54) is 14.2 Å². The molecule has 2 aromatic carbocycles. The van der Waals surface area contributed by atoms with Crippen molar-refractivity contribution >= 4 is 28.5 Å². The fourth-order valence-electron chi connectivity index (χ4n) is 2.67. The second-order valence-electron chi connectivity index (χ2n) is 5.55. The van der Waals surface area contributed by atoms with Crippen LogP contribution in [0.5, 0.6) is 11.5 Å². The predicted octanol–water partition coefficient (Wildman–Crippen LogP) is 3.88. The van der Waals surface area contributed by atoms with Crippen molar-refractivity contribution in [2.45, 2.75) is 6.92 Å². The van der Waals surface area contributed by atoms with Crippen molar-refractivity contribution in [1.29, 1.82) is 0 Å². The molecule has 0 aliphatic rings. The fraction of sp³-hybridized carbons (Fsp3) is 0.200. The molecule has 0 unspecified atom stereocenters. The second kappa shape index (κ2) is 7.82. The zero-order chi connectivity index (χ0) is 19.4. The molecule has 0 bridgehead atoms. The van der Waals surface area contributed by atoms with Crippen LogP contribution in [0.3, 0.4) is 0 Å². The number of benzene rings is 2. The van der Waals surface area contributed by atoms with E-state index in [9.17, 15) is 9.59 Å². The first-order chi connectivity index (χ1) is 13.1. The molecule has 0 aliphatic heterocycles. The molecular weight excluding hydrogens is 350 g/mol. The van der Waals surface area contributed by atoms with Gasteiger partial charge in [-0.15, -0.1) is 0 Å². The monoisotopic (exact) mass is 369 g/mol. The summed E-state index contributed by atoms with van der Waals surface area (Å²) in [7, 11) is 3.00. The quantitative estimate of drug-likeness (QED) is 0.664. The highest BCUT2D eigenvalue weighted by Crippen LogP contribution is 2.33. The van der Waals surface area contributed by atoms with Gasteiger partial charge >= 0.3 is 5.97 Å². The highest BCUT2D eigenvalue weighted by atomic mass is 16.5. The van der Waals surface area contributed by atoms with Crippen LogP contribution >= 0.6 is 0 Å². The number of para-hydroxylation sites is 1. The van der Waals surface area contributed by atoms with Crippen LogP contribution < -0.4 is 14.8 Å². The Hall–Kier alpha value is -3.48. The summed E-state index contributed by atoms with van der Waals surface area (Å²) in [4.78, 5) is 25.0. The third kappa shape index (κ3) is 3.57. The van der Waals surface area contributed by atoms with E-state index in [0.29, 0.717) is 28.0 Å². The molecule has 0 aliphatic carbocycles. The summed E-state index contributed by atoms with van der Waals surface area (Å²) in [5, 5.41) is 3.35. The first-order valence-electron chi connectivity index (χ1n) is 8.31. The van der Waals surface area contributed by atoms with Gasteiger partial charge in [0, 0.05) is 10.9 Å². The number of hydrogen-bond acceptors (Lipinski definition) is 6. The van der Waals surface area contributed by atoms with Crippen LogP contribution in [0.4, 0.5) is 5.69 Å². The number of amides is 1. The molecule has 1 heterocycles. The summed E-state index contributed by atoms with van der Waals surface area (Å²) in [5.74, 6) is -0.181. The molecule has 0 radical (unpaired) electrons. The maximum absolute atomic E-state index is 12.8. The van der Waals surface area contributed by atoms with Gasteiger partial charge in [0.05, 0.1) is 20.8 Å². The Morgan fingerprint density at radius 1 is 1.04 bits per heavy atom. The van der Waals surface area contributed by atoms with Crippen LogP contribution in [0.2, 0.25) is 0 Å². The van der Waals surface area contributed by atoms with Gasteiger partial charge < -0.3 is 23.9 Å². The molecule has 0 saturated carbocycles. The summed E-state index contributed by atoms with van der Waals surface area (Å²) in [6.07, 6.45) is 0. The third-order valence-electron chi connectivity index (χ3n) is 3.94. The fourth-order valence-corrected chi connectivity index (χ4v) is 2.67. The molecule has 140 valence electrons. The van der Waals surface area contributed by atoms with E-state index in [0.717, 1.165) is 0 Å². The molecule has 3 rings (SSSR count). The van der Waals surface area contributed by atoms with Gasteiger partial charge in [-0.25, -0.2) is 4.79 Å². The van der Waals surface area contributed by atoms with Crippen molar-refractivity contribution in [3.8, 4) is 11.5 Å². The Balaban J connectivity index is 1.99. The molecule has 27 heavy (non-hydrogen) atoms. The number of fused-ring (bicyclic) bond motifs is 1. The van der Waals surface area contributed by atoms with Gasteiger partial charge in [0.2, 0.25) is 5.76 Å². The molecule has 7 nitrogen and oxygen atoms in total. The van der Waals surface area contributed by atoms with Gasteiger partial charge in [-0.3, -0.25) is 4.79 Å². The van der Waals surface area contributed by atoms with Gasteiger partial charge in [0.25, 0.3) is 5.91 Å². The van der Waals surface area contributed by atoms with E-state index < -0.39 is 11.9 Å². The Kier molecular flexibility index (Phi) is 5.30. The number of methoxy groups -OCH3 is 2. The first kappa shape index (κ1) is 18.3. The summed E-state index contributed by atoms with van der Waals surface area (Å²) in [6.45, 7) is 1.89. The lowest BCUT2D eigenvalue weighted by Crippen LogP contribution is -2.15. The number of nitrogens with one attached hydrogen (secondary N) is 1. The zero-order valence-electron chi connectivity index (χ0n) is 15.2. The van der Waals surface area contributed by atoms with E-state index in [1.54, 1.807) is 49.4 Å². The minimum Gasteiger partial charge on any atom is -0.493 e. The molecule has 3 aromatic rings. The van der Waals surface area contributed by atoms with Crippen molar-refractivity contribution in [1.82, 2.24) is 0 Å². The summed E-state index contributed by atoms with van der Waals surface area (Å²) in [6, 6.07) is 11.8. The molecule has 1 aromatic heterocycles. The molecule has 7 heteroatoms. The molecule has 1 amide bonds. The lowest BCUT2D eigenvalue weighted by Gasteiger charge is -2.10. The van der Waals surface area contributed by atoms with Crippen LogP contribution in [0.1, 0.15) is 27.8 Å². The minimum absolute atomic E-state index is 0.0492. The van der Waals surface area contributed by atoms with E-state index in [-0.39, 0.29) is 18.1 Å². The lowest BCUT2D eigenvalue weighted by atomic mass is 10.1. The normalized spacial score (nSPS) is 10.5. The van der Waals surface area contributed by atoms with Crippen molar-refractivity contribution in [2.24, 2.45) is 0 Å². The number of carbonyl (C=O) groups excluding carboxylic acids is 2. The van der Waals surface area contributed by atoms with Gasteiger partial charge in [-0.05, 0) is 37.3 Å². The zero-order valence-corrected chi connectivity index (χ0v) is 15.2. The predicted molar refractivity (Wildman–Crippen MR) is 99.7 cm³/mol. The minimum atomic E-state index is -0.642. The molecular formula is C20H19NO6. The molecule has 0 saturated heterocycles. The average molecular weight is 369 g/mol. The largest absolute Gasteiger partial charge is 0.493 e. The van der Waals surface area contributed by atoms with Crippen LogP contribution in [0.25, 0.3) is 11.0 Å². The average Bonchev–Trinajstić information content (AvgIpc) is 3.06. The van der Waals surface area contributed by atoms with Gasteiger partial charge in [0.1, 0.15) is 11.3 Å². The number of hydrogen-bond donors (Lipinski definition) is 1. The Morgan fingerprint density at radius 3 is 2.48 bits per heavy atom. The topological polar surface area (TPSA) is 87.0 Å². The van der Waals surface area contributed by atoms with E-state index in [2.05, 4.69) is 5.32 Å². The third-order valence-corrected chi connectivity index (χ3v) is 3.94. The SMILES string of the molecule is CCOC(=O)c1oc2ccccc2c1NC(=O)c1ccc(OC)c(OC)c1. The summed E-state index contributed by atoms with van der Waals surface area (Å²) >= 11 is 0. The highest BCUT2D eigenvalue weighted by molar-refractivity contribution is 6.13. The molecule has 1 N–H and O–H groups in total. The first-order valence-corrected chi connectivity index (χ1v) is 8.31.